The van der Waals surface area contributed by atoms with Gasteiger partial charge in [0, 0.05) is 4.88 Å². The Morgan fingerprint density at radius 2 is 1.96 bits per heavy atom. The first-order chi connectivity index (χ1) is 11.6. The number of tetrazole rings is 1. The van der Waals surface area contributed by atoms with Crippen LogP contribution in [0.15, 0.2) is 48.1 Å². The fraction of sp³-hybridized carbons (Fsp3) is 0.294. The molecule has 2 aromatic heterocycles. The number of carbonyl (C=O) groups is 1. The van der Waals surface area contributed by atoms with Crippen molar-refractivity contribution < 1.29 is 4.79 Å². The van der Waals surface area contributed by atoms with Gasteiger partial charge in [-0.3, -0.25) is 4.79 Å². The van der Waals surface area contributed by atoms with E-state index in [1.54, 1.807) is 11.3 Å². The maximum atomic E-state index is 12.3. The fourth-order valence-electron chi connectivity index (χ4n) is 2.45. The molecule has 0 aliphatic heterocycles. The van der Waals surface area contributed by atoms with Gasteiger partial charge in [0.25, 0.3) is 0 Å². The van der Waals surface area contributed by atoms with Gasteiger partial charge in [-0.25, -0.2) is 4.68 Å². The van der Waals surface area contributed by atoms with E-state index in [0.717, 1.165) is 10.4 Å². The topological polar surface area (TPSA) is 72.7 Å². The van der Waals surface area contributed by atoms with E-state index in [-0.39, 0.29) is 18.5 Å². The SMILES string of the molecule is CC(C)c1ccc([C@@H](NC(=O)Cn2cnnn2)c2cccs2)cc1. The minimum absolute atomic E-state index is 0.0962. The van der Waals surface area contributed by atoms with E-state index in [9.17, 15) is 4.79 Å². The van der Waals surface area contributed by atoms with Gasteiger partial charge in [0.05, 0.1) is 6.04 Å². The van der Waals surface area contributed by atoms with E-state index in [1.165, 1.54) is 16.6 Å². The minimum Gasteiger partial charge on any atom is -0.343 e. The Morgan fingerprint density at radius 1 is 1.21 bits per heavy atom. The van der Waals surface area contributed by atoms with E-state index >= 15 is 0 Å². The van der Waals surface area contributed by atoms with Crippen molar-refractivity contribution in [1.82, 2.24) is 25.5 Å². The summed E-state index contributed by atoms with van der Waals surface area (Å²) in [5.41, 5.74) is 2.34. The van der Waals surface area contributed by atoms with Crippen molar-refractivity contribution in [3.8, 4) is 0 Å². The summed E-state index contributed by atoms with van der Waals surface area (Å²) >= 11 is 1.62. The molecule has 1 atom stereocenters. The monoisotopic (exact) mass is 341 g/mol. The van der Waals surface area contributed by atoms with Crippen molar-refractivity contribution in [3.05, 3.63) is 64.1 Å². The molecule has 1 amide bonds. The first kappa shape index (κ1) is 16.3. The van der Waals surface area contributed by atoms with Crippen molar-refractivity contribution in [2.24, 2.45) is 0 Å². The number of rotatable bonds is 6. The number of aromatic nitrogens is 4. The number of thiophene rings is 1. The Hall–Kier alpha value is -2.54. The molecule has 0 saturated heterocycles. The summed E-state index contributed by atoms with van der Waals surface area (Å²) in [6, 6.07) is 12.2. The number of nitrogens with one attached hydrogen (secondary N) is 1. The number of amides is 1. The predicted molar refractivity (Wildman–Crippen MR) is 92.7 cm³/mol. The Morgan fingerprint density at radius 3 is 2.54 bits per heavy atom. The molecule has 2 heterocycles. The van der Waals surface area contributed by atoms with Crippen molar-refractivity contribution >= 4 is 17.2 Å². The largest absolute Gasteiger partial charge is 0.343 e. The van der Waals surface area contributed by atoms with Crippen LogP contribution in [-0.2, 0) is 11.3 Å². The molecule has 0 fully saturated rings. The van der Waals surface area contributed by atoms with E-state index in [0.29, 0.717) is 5.92 Å². The van der Waals surface area contributed by atoms with Crippen LogP contribution in [0.2, 0.25) is 0 Å². The van der Waals surface area contributed by atoms with E-state index < -0.39 is 0 Å². The summed E-state index contributed by atoms with van der Waals surface area (Å²) in [5.74, 6) is 0.349. The van der Waals surface area contributed by atoms with Crippen LogP contribution in [0.4, 0.5) is 0 Å². The van der Waals surface area contributed by atoms with Crippen LogP contribution in [0.1, 0.15) is 41.8 Å². The number of hydrogen-bond donors (Lipinski definition) is 1. The van der Waals surface area contributed by atoms with Crippen LogP contribution in [0.3, 0.4) is 0 Å². The second-order valence-electron chi connectivity index (χ2n) is 5.84. The highest BCUT2D eigenvalue weighted by Crippen LogP contribution is 2.27. The van der Waals surface area contributed by atoms with Crippen molar-refractivity contribution in [2.45, 2.75) is 32.4 Å². The van der Waals surface area contributed by atoms with E-state index in [1.807, 2.05) is 17.5 Å². The summed E-state index contributed by atoms with van der Waals surface area (Å²) in [5, 5.41) is 15.9. The first-order valence-corrected chi connectivity index (χ1v) is 8.65. The van der Waals surface area contributed by atoms with Crippen LogP contribution >= 0.6 is 11.3 Å². The summed E-state index contributed by atoms with van der Waals surface area (Å²) in [6.07, 6.45) is 1.43. The van der Waals surface area contributed by atoms with Gasteiger partial charge in [0.1, 0.15) is 12.9 Å². The van der Waals surface area contributed by atoms with Crippen LogP contribution in [0, 0.1) is 0 Å². The molecule has 1 N–H and O–H groups in total. The van der Waals surface area contributed by atoms with Crippen molar-refractivity contribution in [1.29, 1.82) is 0 Å². The predicted octanol–water partition coefficient (Wildman–Crippen LogP) is 2.76. The molecule has 3 aromatic rings. The van der Waals surface area contributed by atoms with Gasteiger partial charge in [-0.15, -0.1) is 16.4 Å². The average Bonchev–Trinajstić information content (AvgIpc) is 3.26. The summed E-state index contributed by atoms with van der Waals surface area (Å²) in [7, 11) is 0. The average molecular weight is 341 g/mol. The number of carbonyl (C=O) groups excluding carboxylic acids is 1. The smallest absolute Gasteiger partial charge is 0.242 e. The van der Waals surface area contributed by atoms with Gasteiger partial charge in [-0.05, 0) is 38.9 Å². The number of nitrogens with zero attached hydrogens (tertiary/aromatic N) is 4. The quantitative estimate of drug-likeness (QED) is 0.748. The molecule has 0 radical (unpaired) electrons. The molecular formula is C17H19N5OS. The molecule has 24 heavy (non-hydrogen) atoms. The Labute approximate surface area is 144 Å². The van der Waals surface area contributed by atoms with Gasteiger partial charge in [0.2, 0.25) is 5.91 Å². The molecule has 0 aliphatic carbocycles. The highest BCUT2D eigenvalue weighted by atomic mass is 32.1. The minimum atomic E-state index is -0.171. The second-order valence-corrected chi connectivity index (χ2v) is 6.82. The fourth-order valence-corrected chi connectivity index (χ4v) is 3.26. The van der Waals surface area contributed by atoms with Crippen LogP contribution in [0.25, 0.3) is 0 Å². The molecule has 1 aromatic carbocycles. The maximum Gasteiger partial charge on any atom is 0.242 e. The number of hydrogen-bond acceptors (Lipinski definition) is 5. The van der Waals surface area contributed by atoms with Gasteiger partial charge in [-0.2, -0.15) is 0 Å². The normalized spacial score (nSPS) is 12.3. The Balaban J connectivity index is 1.80. The third-order valence-corrected chi connectivity index (χ3v) is 4.70. The highest BCUT2D eigenvalue weighted by Gasteiger charge is 2.18. The van der Waals surface area contributed by atoms with Crippen molar-refractivity contribution in [2.75, 3.05) is 0 Å². The third kappa shape index (κ3) is 3.86. The molecule has 0 saturated carbocycles. The maximum absolute atomic E-state index is 12.3. The van der Waals surface area contributed by atoms with Gasteiger partial charge >= 0.3 is 0 Å². The van der Waals surface area contributed by atoms with Crippen molar-refractivity contribution in [3.63, 3.8) is 0 Å². The zero-order chi connectivity index (χ0) is 16.9. The summed E-state index contributed by atoms with van der Waals surface area (Å²) in [4.78, 5) is 13.4. The Kier molecular flexibility index (Phi) is 5.00. The molecule has 7 heteroatoms. The van der Waals surface area contributed by atoms with Gasteiger partial charge in [0.15, 0.2) is 0 Å². The lowest BCUT2D eigenvalue weighted by atomic mass is 9.98. The molecule has 124 valence electrons. The lowest BCUT2D eigenvalue weighted by Crippen LogP contribution is -2.32. The van der Waals surface area contributed by atoms with Crippen LogP contribution < -0.4 is 5.32 Å². The molecule has 0 aliphatic rings. The number of benzene rings is 1. The van der Waals surface area contributed by atoms with Gasteiger partial charge < -0.3 is 5.32 Å². The molecular weight excluding hydrogens is 322 g/mol. The lowest BCUT2D eigenvalue weighted by Gasteiger charge is -2.19. The zero-order valence-electron chi connectivity index (χ0n) is 13.6. The van der Waals surface area contributed by atoms with Gasteiger partial charge in [-0.1, -0.05) is 44.2 Å². The van der Waals surface area contributed by atoms with E-state index in [2.05, 4.69) is 59.0 Å². The third-order valence-electron chi connectivity index (χ3n) is 3.77. The molecule has 0 unspecified atom stereocenters. The molecule has 0 bridgehead atoms. The second kappa shape index (κ2) is 7.35. The standard InChI is InChI=1S/C17H19N5OS/c1-12(2)13-5-7-14(8-6-13)17(15-4-3-9-24-15)19-16(23)10-22-11-18-20-21-22/h3-9,11-12,17H,10H2,1-2H3,(H,19,23)/t17-/m1/s1. The summed E-state index contributed by atoms with van der Waals surface area (Å²) < 4.78 is 1.41. The summed E-state index contributed by atoms with van der Waals surface area (Å²) in [6.45, 7) is 4.43. The lowest BCUT2D eigenvalue weighted by molar-refractivity contribution is -0.122. The molecule has 3 rings (SSSR count). The van der Waals surface area contributed by atoms with Crippen LogP contribution in [-0.4, -0.2) is 26.1 Å². The first-order valence-electron chi connectivity index (χ1n) is 7.77. The zero-order valence-corrected chi connectivity index (χ0v) is 14.4. The van der Waals surface area contributed by atoms with Crippen LogP contribution in [0.5, 0.6) is 0 Å². The molecule has 0 spiro atoms. The van der Waals surface area contributed by atoms with E-state index in [4.69, 9.17) is 0 Å². The highest BCUT2D eigenvalue weighted by molar-refractivity contribution is 7.10. The Bertz CT molecular complexity index is 766. The molecule has 6 nitrogen and oxygen atoms in total.